The Bertz CT molecular complexity index is 1030. The van der Waals surface area contributed by atoms with Crippen LogP contribution in [0.15, 0.2) is 91.0 Å². The van der Waals surface area contributed by atoms with Gasteiger partial charge in [-0.1, -0.05) is 101 Å². The number of methoxy groups -OCH3 is 1. The quantitative estimate of drug-likeness (QED) is 0.185. The normalized spacial score (nSPS) is 24.1. The van der Waals surface area contributed by atoms with Crippen LogP contribution in [-0.2, 0) is 36.9 Å². The fraction of sp³-hybridized carbons (Fsp3) is 0.321. The summed E-state index contributed by atoms with van der Waals surface area (Å²) in [5, 5.41) is 0. The van der Waals surface area contributed by atoms with Gasteiger partial charge in [-0.2, -0.15) is 0 Å². The molecule has 7 heteroatoms. The molecule has 0 unspecified atom stereocenters. The van der Waals surface area contributed by atoms with Gasteiger partial charge < -0.3 is 23.7 Å². The van der Waals surface area contributed by atoms with Crippen LogP contribution >= 0.6 is 22.6 Å². The van der Waals surface area contributed by atoms with Crippen LogP contribution in [-0.4, -0.2) is 48.2 Å². The van der Waals surface area contributed by atoms with Crippen LogP contribution in [0.5, 0.6) is 0 Å². The second-order valence-electron chi connectivity index (χ2n) is 8.19. The van der Waals surface area contributed by atoms with E-state index in [1.54, 1.807) is 31.4 Å². The van der Waals surface area contributed by atoms with E-state index in [1.165, 1.54) is 0 Å². The highest BCUT2D eigenvalue weighted by atomic mass is 127. The lowest BCUT2D eigenvalue weighted by Gasteiger charge is -2.44. The van der Waals surface area contributed by atoms with Crippen molar-refractivity contribution in [2.24, 2.45) is 0 Å². The van der Waals surface area contributed by atoms with Gasteiger partial charge in [0.05, 0.1) is 18.8 Å². The molecule has 0 bridgehead atoms. The molecule has 0 aromatic heterocycles. The predicted octanol–water partition coefficient (Wildman–Crippen LogP) is 5.19. The van der Waals surface area contributed by atoms with Crippen molar-refractivity contribution in [3.63, 3.8) is 0 Å². The molecule has 1 saturated heterocycles. The summed E-state index contributed by atoms with van der Waals surface area (Å²) in [4.78, 5) is 13.0. The molecule has 0 radical (unpaired) electrons. The first kappa shape index (κ1) is 25.8. The number of rotatable bonds is 10. The van der Waals surface area contributed by atoms with Gasteiger partial charge in [0.25, 0.3) is 0 Å². The predicted molar refractivity (Wildman–Crippen MR) is 140 cm³/mol. The monoisotopic (exact) mass is 588 g/mol. The zero-order chi connectivity index (χ0) is 24.5. The highest BCUT2D eigenvalue weighted by Gasteiger charge is 2.49. The van der Waals surface area contributed by atoms with Crippen LogP contribution in [0.2, 0.25) is 0 Å². The average Bonchev–Trinajstić information content (AvgIpc) is 2.92. The molecule has 6 nitrogen and oxygen atoms in total. The number of carbonyl (C=O) groups excluding carboxylic acids is 1. The van der Waals surface area contributed by atoms with Gasteiger partial charge in [-0.15, -0.1) is 0 Å². The van der Waals surface area contributed by atoms with Crippen molar-refractivity contribution >= 4 is 28.6 Å². The molecule has 1 fully saturated rings. The first-order valence-corrected chi connectivity index (χ1v) is 13.0. The summed E-state index contributed by atoms with van der Waals surface area (Å²) in [5.74, 6) is -0.431. The number of hydrogen-bond donors (Lipinski definition) is 0. The maximum absolute atomic E-state index is 13.0. The van der Waals surface area contributed by atoms with Crippen LogP contribution < -0.4 is 0 Å². The standard InChI is InChI=1S/C28H29IO6/c1-31-28-26(33-19-21-13-7-3-8-14-21)25(32-18-20-11-5-2-6-12-20)24(23(17-29)34-28)35-27(30)22-15-9-4-10-16-22/h2-16,23-26,28H,17-19H2,1H3/t23-,24-,25+,26-,28+/m1/s1. The summed E-state index contributed by atoms with van der Waals surface area (Å²) in [6.07, 6.45) is -3.01. The zero-order valence-electron chi connectivity index (χ0n) is 19.5. The SMILES string of the molecule is CO[C@H]1O[C@H](CI)[C@@H](OC(=O)c2ccccc2)[C@H](OCc2ccccc2)[C@H]1OCc1ccccc1. The molecule has 5 atom stereocenters. The van der Waals surface area contributed by atoms with E-state index in [9.17, 15) is 4.79 Å². The number of alkyl halides is 1. The molecular formula is C28H29IO6. The fourth-order valence-electron chi connectivity index (χ4n) is 4.00. The summed E-state index contributed by atoms with van der Waals surface area (Å²) in [5.41, 5.74) is 2.49. The van der Waals surface area contributed by atoms with Crippen molar-refractivity contribution in [2.45, 2.75) is 43.9 Å². The topological polar surface area (TPSA) is 63.2 Å². The van der Waals surface area contributed by atoms with E-state index in [4.69, 9.17) is 23.7 Å². The van der Waals surface area contributed by atoms with E-state index in [-0.39, 0.29) is 0 Å². The van der Waals surface area contributed by atoms with Gasteiger partial charge in [-0.05, 0) is 23.3 Å². The minimum absolute atomic E-state index is 0.334. The van der Waals surface area contributed by atoms with Gasteiger partial charge in [-0.3, -0.25) is 0 Å². The third kappa shape index (κ3) is 6.89. The Morgan fingerprint density at radius 2 is 1.29 bits per heavy atom. The summed E-state index contributed by atoms with van der Waals surface area (Å²) < 4.78 is 31.2. The van der Waals surface area contributed by atoms with E-state index < -0.39 is 36.7 Å². The van der Waals surface area contributed by atoms with Gasteiger partial charge in [0.1, 0.15) is 18.3 Å². The second kappa shape index (κ2) is 13.1. The average molecular weight is 588 g/mol. The maximum atomic E-state index is 13.0. The van der Waals surface area contributed by atoms with Crippen molar-refractivity contribution in [1.29, 1.82) is 0 Å². The van der Waals surface area contributed by atoms with Gasteiger partial charge in [0, 0.05) is 11.5 Å². The Morgan fingerprint density at radius 1 is 0.771 bits per heavy atom. The Labute approximate surface area is 219 Å². The zero-order valence-corrected chi connectivity index (χ0v) is 21.7. The summed E-state index contributed by atoms with van der Waals surface area (Å²) in [6, 6.07) is 28.7. The number of ether oxygens (including phenoxy) is 5. The van der Waals surface area contributed by atoms with Crippen LogP contribution in [0.4, 0.5) is 0 Å². The maximum Gasteiger partial charge on any atom is 0.338 e. The van der Waals surface area contributed by atoms with Crippen LogP contribution in [0, 0.1) is 0 Å². The van der Waals surface area contributed by atoms with Crippen molar-refractivity contribution in [2.75, 3.05) is 11.5 Å². The molecule has 1 heterocycles. The molecule has 184 valence electrons. The van der Waals surface area contributed by atoms with E-state index in [2.05, 4.69) is 22.6 Å². The number of benzene rings is 3. The molecular weight excluding hydrogens is 559 g/mol. The van der Waals surface area contributed by atoms with E-state index in [0.29, 0.717) is 23.2 Å². The second-order valence-corrected chi connectivity index (χ2v) is 9.07. The molecule has 1 aliphatic heterocycles. The lowest BCUT2D eigenvalue weighted by atomic mass is 9.98. The smallest absolute Gasteiger partial charge is 0.338 e. The molecule has 0 N–H and O–H groups in total. The van der Waals surface area contributed by atoms with E-state index >= 15 is 0 Å². The lowest BCUT2D eigenvalue weighted by Crippen LogP contribution is -2.61. The minimum atomic E-state index is -0.685. The summed E-state index contributed by atoms with van der Waals surface area (Å²) >= 11 is 2.23. The largest absolute Gasteiger partial charge is 0.453 e. The summed E-state index contributed by atoms with van der Waals surface area (Å²) in [6.45, 7) is 0.675. The van der Waals surface area contributed by atoms with Crippen molar-refractivity contribution in [1.82, 2.24) is 0 Å². The first-order valence-electron chi connectivity index (χ1n) is 11.5. The van der Waals surface area contributed by atoms with Gasteiger partial charge in [0.2, 0.25) is 0 Å². The Balaban J connectivity index is 1.60. The van der Waals surface area contributed by atoms with Crippen molar-refractivity contribution in [3.05, 3.63) is 108 Å². The van der Waals surface area contributed by atoms with Gasteiger partial charge in [0.15, 0.2) is 12.4 Å². The molecule has 35 heavy (non-hydrogen) atoms. The third-order valence-electron chi connectivity index (χ3n) is 5.80. The van der Waals surface area contributed by atoms with Crippen LogP contribution in [0.3, 0.4) is 0 Å². The molecule has 0 aliphatic carbocycles. The van der Waals surface area contributed by atoms with Crippen molar-refractivity contribution in [3.8, 4) is 0 Å². The lowest BCUT2D eigenvalue weighted by molar-refractivity contribution is -0.304. The molecule has 4 rings (SSSR count). The number of esters is 1. The number of halogens is 1. The Kier molecular flexibility index (Phi) is 9.67. The number of carbonyl (C=O) groups is 1. The molecule has 0 saturated carbocycles. The molecule has 0 spiro atoms. The van der Waals surface area contributed by atoms with Crippen LogP contribution in [0.1, 0.15) is 21.5 Å². The minimum Gasteiger partial charge on any atom is -0.453 e. The van der Waals surface area contributed by atoms with E-state index in [0.717, 1.165) is 11.1 Å². The van der Waals surface area contributed by atoms with Crippen LogP contribution in [0.25, 0.3) is 0 Å². The Hall–Kier alpha value is -2.30. The molecule has 3 aromatic rings. The number of hydrogen-bond acceptors (Lipinski definition) is 6. The van der Waals surface area contributed by atoms with Gasteiger partial charge >= 0.3 is 5.97 Å². The Morgan fingerprint density at radius 3 is 1.80 bits per heavy atom. The molecule has 0 amide bonds. The van der Waals surface area contributed by atoms with Gasteiger partial charge in [-0.25, -0.2) is 4.79 Å². The summed E-state index contributed by atoms with van der Waals surface area (Å²) in [7, 11) is 1.58. The van der Waals surface area contributed by atoms with E-state index in [1.807, 2.05) is 66.7 Å². The molecule has 3 aromatic carbocycles. The third-order valence-corrected chi connectivity index (χ3v) is 6.67. The van der Waals surface area contributed by atoms with Crippen molar-refractivity contribution < 1.29 is 28.5 Å². The highest BCUT2D eigenvalue weighted by Crippen LogP contribution is 2.31. The fourth-order valence-corrected chi connectivity index (χ4v) is 4.71. The first-order chi connectivity index (χ1) is 17.2. The highest BCUT2D eigenvalue weighted by molar-refractivity contribution is 14.1. The molecule has 1 aliphatic rings.